The smallest absolute Gasteiger partial charge is 0.444 e. The molecular formula is C18H28BNO5. The van der Waals surface area contributed by atoms with Crippen molar-refractivity contribution < 1.29 is 23.9 Å². The van der Waals surface area contributed by atoms with Crippen molar-refractivity contribution in [2.24, 2.45) is 0 Å². The first-order valence-electron chi connectivity index (χ1n) is 8.44. The van der Waals surface area contributed by atoms with E-state index in [9.17, 15) is 9.90 Å². The summed E-state index contributed by atoms with van der Waals surface area (Å²) in [5.41, 5.74) is 0.322. The lowest BCUT2D eigenvalue weighted by atomic mass is 9.78. The molecule has 1 aromatic carbocycles. The number of rotatable bonds is 3. The zero-order valence-corrected chi connectivity index (χ0v) is 16.1. The fourth-order valence-corrected chi connectivity index (χ4v) is 2.39. The Labute approximate surface area is 150 Å². The normalized spacial score (nSPS) is 19.0. The minimum absolute atomic E-state index is 0.200. The van der Waals surface area contributed by atoms with Crippen molar-refractivity contribution in [2.45, 2.75) is 71.9 Å². The van der Waals surface area contributed by atoms with Crippen LogP contribution in [0.4, 0.5) is 10.5 Å². The van der Waals surface area contributed by atoms with Crippen molar-refractivity contribution in [3.8, 4) is 0 Å². The van der Waals surface area contributed by atoms with Crippen molar-refractivity contribution >= 4 is 24.4 Å². The lowest BCUT2D eigenvalue weighted by molar-refractivity contribution is 0.00578. The molecule has 1 aliphatic rings. The van der Waals surface area contributed by atoms with Gasteiger partial charge in [0.2, 0.25) is 0 Å². The van der Waals surface area contributed by atoms with E-state index in [1.54, 1.807) is 32.9 Å². The van der Waals surface area contributed by atoms with E-state index < -0.39 is 30.0 Å². The molecule has 1 amide bonds. The molecule has 0 bridgehead atoms. The second-order valence-corrected chi connectivity index (χ2v) is 8.29. The van der Waals surface area contributed by atoms with E-state index in [4.69, 9.17) is 14.0 Å². The van der Waals surface area contributed by atoms with E-state index in [1.165, 1.54) is 0 Å². The Morgan fingerprint density at radius 1 is 1.20 bits per heavy atom. The van der Waals surface area contributed by atoms with Crippen molar-refractivity contribution in [3.05, 3.63) is 23.8 Å². The largest absolute Gasteiger partial charge is 0.494 e. The number of nitrogens with one attached hydrogen (secondary N) is 1. The summed E-state index contributed by atoms with van der Waals surface area (Å²) in [5, 5.41) is 12.2. The molecule has 1 aliphatic heterocycles. The number of carbonyl (C=O) groups is 1. The zero-order valence-electron chi connectivity index (χ0n) is 16.1. The van der Waals surface area contributed by atoms with E-state index in [0.29, 0.717) is 11.3 Å². The van der Waals surface area contributed by atoms with Gasteiger partial charge in [-0.1, -0.05) is 12.1 Å². The molecule has 1 heterocycles. The summed E-state index contributed by atoms with van der Waals surface area (Å²) in [6.45, 7) is 13.1. The summed E-state index contributed by atoms with van der Waals surface area (Å²) in [5.74, 6) is 0. The van der Waals surface area contributed by atoms with Crippen LogP contribution in [-0.2, 0) is 20.7 Å². The third-order valence-electron chi connectivity index (χ3n) is 4.47. The molecule has 1 saturated heterocycles. The van der Waals surface area contributed by atoms with Gasteiger partial charge >= 0.3 is 13.2 Å². The fraction of sp³-hybridized carbons (Fsp3) is 0.611. The van der Waals surface area contributed by atoms with Gasteiger partial charge in [-0.05, 0) is 60.0 Å². The summed E-state index contributed by atoms with van der Waals surface area (Å²) < 4.78 is 17.3. The third kappa shape index (κ3) is 4.54. The lowest BCUT2D eigenvalue weighted by Gasteiger charge is -2.32. The zero-order chi connectivity index (χ0) is 19.0. The minimum Gasteiger partial charge on any atom is -0.444 e. The van der Waals surface area contributed by atoms with Crippen LogP contribution in [0.15, 0.2) is 18.2 Å². The molecule has 0 unspecified atom stereocenters. The average Bonchev–Trinajstić information content (AvgIpc) is 2.65. The highest BCUT2D eigenvalue weighted by Crippen LogP contribution is 2.36. The molecule has 25 heavy (non-hydrogen) atoms. The van der Waals surface area contributed by atoms with Crippen LogP contribution in [0.1, 0.15) is 54.0 Å². The van der Waals surface area contributed by atoms with E-state index in [2.05, 4.69) is 5.32 Å². The van der Waals surface area contributed by atoms with Gasteiger partial charge in [0.25, 0.3) is 0 Å². The molecule has 2 rings (SSSR count). The Morgan fingerprint density at radius 2 is 1.76 bits per heavy atom. The second-order valence-electron chi connectivity index (χ2n) is 8.29. The SMILES string of the molecule is CC(C)(C)OC(=O)Nc1cc(B2OC(C)(C)C(C)(C)O2)ccc1CO. The maximum absolute atomic E-state index is 12.1. The Kier molecular flexibility index (Phi) is 5.24. The molecule has 2 N–H and O–H groups in total. The monoisotopic (exact) mass is 349 g/mol. The first-order chi connectivity index (χ1) is 11.3. The molecule has 0 atom stereocenters. The van der Waals surface area contributed by atoms with Gasteiger partial charge in [-0.15, -0.1) is 0 Å². The molecule has 0 aliphatic carbocycles. The molecule has 0 aromatic heterocycles. The fourth-order valence-electron chi connectivity index (χ4n) is 2.39. The topological polar surface area (TPSA) is 77.0 Å². The molecule has 138 valence electrons. The quantitative estimate of drug-likeness (QED) is 0.821. The summed E-state index contributed by atoms with van der Waals surface area (Å²) >= 11 is 0. The van der Waals surface area contributed by atoms with Gasteiger partial charge in [0.1, 0.15) is 5.60 Å². The summed E-state index contributed by atoms with van der Waals surface area (Å²) in [7, 11) is -0.545. The Hall–Kier alpha value is -1.57. The van der Waals surface area contributed by atoms with E-state index >= 15 is 0 Å². The number of aliphatic hydroxyl groups is 1. The Morgan fingerprint density at radius 3 is 2.24 bits per heavy atom. The summed E-state index contributed by atoms with van der Waals surface area (Å²) in [4.78, 5) is 12.1. The highest BCUT2D eigenvalue weighted by molar-refractivity contribution is 6.62. The van der Waals surface area contributed by atoms with Crippen LogP contribution in [0, 0.1) is 0 Å². The van der Waals surface area contributed by atoms with Gasteiger partial charge in [0.05, 0.1) is 17.8 Å². The van der Waals surface area contributed by atoms with Gasteiger partial charge in [-0.2, -0.15) is 0 Å². The standard InChI is InChI=1S/C18H28BNO5/c1-16(2,3)23-15(22)20-14-10-13(9-8-12(14)11-21)19-24-17(4,5)18(6,7)25-19/h8-10,21H,11H2,1-7H3,(H,20,22). The molecule has 1 fully saturated rings. The number of amides is 1. The molecular weight excluding hydrogens is 321 g/mol. The number of ether oxygens (including phenoxy) is 1. The van der Waals surface area contributed by atoms with Gasteiger partial charge in [0, 0.05) is 11.3 Å². The van der Waals surface area contributed by atoms with E-state index in [-0.39, 0.29) is 6.61 Å². The van der Waals surface area contributed by atoms with Crippen molar-refractivity contribution in [1.29, 1.82) is 0 Å². The second kappa shape index (κ2) is 6.63. The van der Waals surface area contributed by atoms with Crippen molar-refractivity contribution in [1.82, 2.24) is 0 Å². The summed E-state index contributed by atoms with van der Waals surface area (Å²) in [6.07, 6.45) is -0.576. The predicted molar refractivity (Wildman–Crippen MR) is 97.9 cm³/mol. The van der Waals surface area contributed by atoms with Gasteiger partial charge < -0.3 is 19.2 Å². The predicted octanol–water partition coefficient (Wildman–Crippen LogP) is 2.83. The van der Waals surface area contributed by atoms with Crippen LogP contribution < -0.4 is 10.8 Å². The first-order valence-corrected chi connectivity index (χ1v) is 8.44. The molecule has 7 heteroatoms. The van der Waals surface area contributed by atoms with Crippen LogP contribution in [0.5, 0.6) is 0 Å². The maximum Gasteiger partial charge on any atom is 0.494 e. The number of aliphatic hydroxyl groups excluding tert-OH is 1. The molecule has 0 radical (unpaired) electrons. The van der Waals surface area contributed by atoms with Crippen LogP contribution in [0.2, 0.25) is 0 Å². The number of hydrogen-bond donors (Lipinski definition) is 2. The van der Waals surface area contributed by atoms with Crippen LogP contribution in [0.25, 0.3) is 0 Å². The molecule has 1 aromatic rings. The van der Waals surface area contributed by atoms with E-state index in [1.807, 2.05) is 33.8 Å². The van der Waals surface area contributed by atoms with Crippen molar-refractivity contribution in [3.63, 3.8) is 0 Å². The Bertz CT molecular complexity index is 635. The lowest BCUT2D eigenvalue weighted by Crippen LogP contribution is -2.41. The number of carbonyl (C=O) groups excluding carboxylic acids is 1. The highest BCUT2D eigenvalue weighted by Gasteiger charge is 2.51. The third-order valence-corrected chi connectivity index (χ3v) is 4.47. The van der Waals surface area contributed by atoms with Crippen LogP contribution >= 0.6 is 0 Å². The van der Waals surface area contributed by atoms with Crippen LogP contribution in [-0.4, -0.2) is 35.1 Å². The number of anilines is 1. The van der Waals surface area contributed by atoms with Gasteiger partial charge in [-0.25, -0.2) is 4.79 Å². The van der Waals surface area contributed by atoms with E-state index in [0.717, 1.165) is 5.46 Å². The maximum atomic E-state index is 12.1. The first kappa shape index (κ1) is 19.8. The Balaban J connectivity index is 2.24. The minimum atomic E-state index is -0.604. The average molecular weight is 349 g/mol. The number of hydrogen-bond acceptors (Lipinski definition) is 5. The highest BCUT2D eigenvalue weighted by atomic mass is 16.7. The molecule has 0 saturated carbocycles. The van der Waals surface area contributed by atoms with Gasteiger partial charge in [0.15, 0.2) is 0 Å². The van der Waals surface area contributed by atoms with Crippen LogP contribution in [0.3, 0.4) is 0 Å². The van der Waals surface area contributed by atoms with Gasteiger partial charge in [-0.3, -0.25) is 5.32 Å². The van der Waals surface area contributed by atoms with Crippen molar-refractivity contribution in [2.75, 3.05) is 5.32 Å². The molecule has 6 nitrogen and oxygen atoms in total. The molecule has 0 spiro atoms. The summed E-state index contributed by atoms with van der Waals surface area (Å²) in [6, 6.07) is 5.32. The number of benzene rings is 1.